The molecule has 0 aliphatic heterocycles. The number of carbonyl (C=O) groups excluding carboxylic acids is 1. The lowest BCUT2D eigenvalue weighted by atomic mass is 9.64. The SMILES string of the molecule is CC(C)CC1(CNC(=O)NCCO)CCC1. The normalized spacial score (nSPS) is 18.0. The molecular formula is C12H24N2O2. The molecule has 1 aliphatic rings. The van der Waals surface area contributed by atoms with Crippen molar-refractivity contribution in [1.82, 2.24) is 10.6 Å². The van der Waals surface area contributed by atoms with Crippen LogP contribution in [0.2, 0.25) is 0 Å². The summed E-state index contributed by atoms with van der Waals surface area (Å²) in [5, 5.41) is 14.1. The Balaban J connectivity index is 2.26. The van der Waals surface area contributed by atoms with Gasteiger partial charge in [-0.05, 0) is 30.6 Å². The standard InChI is InChI=1S/C12H24N2O2/c1-10(2)8-12(4-3-5-12)9-14-11(16)13-6-7-15/h10,15H,3-9H2,1-2H3,(H2,13,14,16). The molecule has 4 nitrogen and oxygen atoms in total. The van der Waals surface area contributed by atoms with Crippen LogP contribution in [0.25, 0.3) is 0 Å². The Morgan fingerprint density at radius 2 is 2.06 bits per heavy atom. The summed E-state index contributed by atoms with van der Waals surface area (Å²) in [5.41, 5.74) is 0.338. The van der Waals surface area contributed by atoms with Crippen molar-refractivity contribution < 1.29 is 9.90 Å². The highest BCUT2D eigenvalue weighted by molar-refractivity contribution is 5.73. The van der Waals surface area contributed by atoms with Crippen LogP contribution < -0.4 is 10.6 Å². The van der Waals surface area contributed by atoms with Crippen molar-refractivity contribution in [2.24, 2.45) is 11.3 Å². The first-order chi connectivity index (χ1) is 7.58. The summed E-state index contributed by atoms with van der Waals surface area (Å²) in [7, 11) is 0. The molecule has 1 saturated carbocycles. The van der Waals surface area contributed by atoms with Crippen molar-refractivity contribution >= 4 is 6.03 Å². The molecule has 3 N–H and O–H groups in total. The summed E-state index contributed by atoms with van der Waals surface area (Å²) in [5.74, 6) is 0.683. The van der Waals surface area contributed by atoms with E-state index in [1.807, 2.05) is 0 Å². The van der Waals surface area contributed by atoms with Gasteiger partial charge in [-0.1, -0.05) is 20.3 Å². The van der Waals surface area contributed by atoms with Gasteiger partial charge in [-0.2, -0.15) is 0 Å². The van der Waals surface area contributed by atoms with E-state index in [-0.39, 0.29) is 12.6 Å². The number of hydrogen-bond acceptors (Lipinski definition) is 2. The van der Waals surface area contributed by atoms with Gasteiger partial charge in [-0.15, -0.1) is 0 Å². The van der Waals surface area contributed by atoms with Crippen LogP contribution in [0.3, 0.4) is 0 Å². The van der Waals surface area contributed by atoms with Crippen LogP contribution in [0.4, 0.5) is 4.79 Å². The fourth-order valence-corrected chi connectivity index (χ4v) is 2.50. The largest absolute Gasteiger partial charge is 0.395 e. The van der Waals surface area contributed by atoms with Crippen molar-refractivity contribution in [2.45, 2.75) is 39.5 Å². The molecule has 0 bridgehead atoms. The first-order valence-corrected chi connectivity index (χ1v) is 6.20. The van der Waals surface area contributed by atoms with Crippen LogP contribution in [0.5, 0.6) is 0 Å². The highest BCUT2D eigenvalue weighted by Gasteiger charge is 2.37. The summed E-state index contributed by atoms with van der Waals surface area (Å²) in [6.07, 6.45) is 4.93. The van der Waals surface area contributed by atoms with E-state index < -0.39 is 0 Å². The second-order valence-electron chi connectivity index (χ2n) is 5.28. The van der Waals surface area contributed by atoms with Crippen LogP contribution >= 0.6 is 0 Å². The van der Waals surface area contributed by atoms with Crippen LogP contribution in [-0.4, -0.2) is 30.8 Å². The lowest BCUT2D eigenvalue weighted by Crippen LogP contribution is -2.46. The first kappa shape index (κ1) is 13.3. The quantitative estimate of drug-likeness (QED) is 0.645. The van der Waals surface area contributed by atoms with E-state index in [1.54, 1.807) is 0 Å². The van der Waals surface area contributed by atoms with E-state index in [2.05, 4.69) is 24.5 Å². The van der Waals surface area contributed by atoms with Gasteiger partial charge in [-0.25, -0.2) is 4.79 Å². The third-order valence-corrected chi connectivity index (χ3v) is 3.28. The molecule has 0 atom stereocenters. The van der Waals surface area contributed by atoms with Crippen molar-refractivity contribution in [2.75, 3.05) is 19.7 Å². The number of hydrogen-bond donors (Lipinski definition) is 3. The predicted molar refractivity (Wildman–Crippen MR) is 64.2 cm³/mol. The second-order valence-corrected chi connectivity index (χ2v) is 5.28. The van der Waals surface area contributed by atoms with Gasteiger partial charge < -0.3 is 15.7 Å². The molecule has 0 saturated heterocycles. The number of urea groups is 1. The number of carbonyl (C=O) groups is 1. The van der Waals surface area contributed by atoms with Gasteiger partial charge in [0.2, 0.25) is 0 Å². The van der Waals surface area contributed by atoms with Crippen molar-refractivity contribution in [3.05, 3.63) is 0 Å². The Hall–Kier alpha value is -0.770. The summed E-state index contributed by atoms with van der Waals surface area (Å²) in [6.45, 7) is 5.54. The lowest BCUT2D eigenvalue weighted by molar-refractivity contribution is 0.101. The lowest BCUT2D eigenvalue weighted by Gasteiger charge is -2.43. The second kappa shape index (κ2) is 6.09. The topological polar surface area (TPSA) is 61.4 Å². The Kier molecular flexibility index (Phi) is 5.06. The summed E-state index contributed by atoms with van der Waals surface area (Å²) >= 11 is 0. The smallest absolute Gasteiger partial charge is 0.314 e. The molecule has 0 radical (unpaired) electrons. The van der Waals surface area contributed by atoms with E-state index in [4.69, 9.17) is 5.11 Å². The summed E-state index contributed by atoms with van der Waals surface area (Å²) in [6, 6.07) is -0.163. The molecule has 0 aromatic heterocycles. The fraction of sp³-hybridized carbons (Fsp3) is 0.917. The molecule has 0 spiro atoms. The minimum atomic E-state index is -0.163. The summed E-state index contributed by atoms with van der Waals surface area (Å²) in [4.78, 5) is 11.3. The molecule has 1 aliphatic carbocycles. The minimum absolute atomic E-state index is 0.00937. The molecule has 16 heavy (non-hydrogen) atoms. The number of aliphatic hydroxyl groups is 1. The third-order valence-electron chi connectivity index (χ3n) is 3.28. The van der Waals surface area contributed by atoms with E-state index in [0.29, 0.717) is 17.9 Å². The average Bonchev–Trinajstić information content (AvgIpc) is 2.18. The Morgan fingerprint density at radius 1 is 1.38 bits per heavy atom. The van der Waals surface area contributed by atoms with Gasteiger partial charge in [0.05, 0.1) is 6.61 Å². The number of aliphatic hydroxyl groups excluding tert-OH is 1. The zero-order valence-corrected chi connectivity index (χ0v) is 10.4. The molecule has 4 heteroatoms. The zero-order valence-electron chi connectivity index (χ0n) is 10.4. The minimum Gasteiger partial charge on any atom is -0.395 e. The van der Waals surface area contributed by atoms with Gasteiger partial charge in [0.15, 0.2) is 0 Å². The molecular weight excluding hydrogens is 204 g/mol. The van der Waals surface area contributed by atoms with E-state index >= 15 is 0 Å². The van der Waals surface area contributed by atoms with E-state index in [1.165, 1.54) is 25.7 Å². The highest BCUT2D eigenvalue weighted by atomic mass is 16.3. The predicted octanol–water partition coefficient (Wildman–Crippen LogP) is 1.49. The first-order valence-electron chi connectivity index (χ1n) is 6.20. The maximum absolute atomic E-state index is 11.3. The van der Waals surface area contributed by atoms with Crippen LogP contribution in [0, 0.1) is 11.3 Å². The average molecular weight is 228 g/mol. The number of rotatable bonds is 6. The molecule has 0 aromatic rings. The zero-order chi connectivity index (χ0) is 12.0. The maximum Gasteiger partial charge on any atom is 0.314 e. The molecule has 1 fully saturated rings. The van der Waals surface area contributed by atoms with Crippen LogP contribution in [0.15, 0.2) is 0 Å². The molecule has 0 unspecified atom stereocenters. The molecule has 0 heterocycles. The van der Waals surface area contributed by atoms with E-state index in [0.717, 1.165) is 6.54 Å². The number of amides is 2. The van der Waals surface area contributed by atoms with Gasteiger partial charge in [0.25, 0.3) is 0 Å². The summed E-state index contributed by atoms with van der Waals surface area (Å²) < 4.78 is 0. The Labute approximate surface area is 97.8 Å². The van der Waals surface area contributed by atoms with E-state index in [9.17, 15) is 4.79 Å². The molecule has 1 rings (SSSR count). The van der Waals surface area contributed by atoms with Gasteiger partial charge in [0, 0.05) is 13.1 Å². The Bertz CT molecular complexity index is 225. The van der Waals surface area contributed by atoms with Crippen molar-refractivity contribution in [3.63, 3.8) is 0 Å². The van der Waals surface area contributed by atoms with Crippen molar-refractivity contribution in [3.8, 4) is 0 Å². The van der Waals surface area contributed by atoms with Crippen molar-refractivity contribution in [1.29, 1.82) is 0 Å². The molecule has 94 valence electrons. The fourth-order valence-electron chi connectivity index (χ4n) is 2.50. The molecule has 2 amide bonds. The third kappa shape index (κ3) is 4.00. The Morgan fingerprint density at radius 3 is 2.50 bits per heavy atom. The van der Waals surface area contributed by atoms with Gasteiger partial charge >= 0.3 is 6.03 Å². The van der Waals surface area contributed by atoms with Gasteiger partial charge in [-0.3, -0.25) is 0 Å². The van der Waals surface area contributed by atoms with Gasteiger partial charge in [0.1, 0.15) is 0 Å². The molecule has 0 aromatic carbocycles. The highest BCUT2D eigenvalue weighted by Crippen LogP contribution is 2.45. The number of nitrogens with one attached hydrogen (secondary N) is 2. The maximum atomic E-state index is 11.3. The van der Waals surface area contributed by atoms with Crippen LogP contribution in [-0.2, 0) is 0 Å². The monoisotopic (exact) mass is 228 g/mol. The van der Waals surface area contributed by atoms with Crippen LogP contribution in [0.1, 0.15) is 39.5 Å².